The first-order chi connectivity index (χ1) is 33.2. The molecule has 0 aromatic heterocycles. The van der Waals surface area contributed by atoms with E-state index in [4.69, 9.17) is 14.2 Å². The van der Waals surface area contributed by atoms with Crippen molar-refractivity contribution in [1.29, 1.82) is 0 Å². The van der Waals surface area contributed by atoms with Gasteiger partial charge in [0.2, 0.25) is 5.91 Å². The zero-order valence-electron chi connectivity index (χ0n) is 43.5. The molecule has 0 aromatic rings. The van der Waals surface area contributed by atoms with E-state index in [1.54, 1.807) is 6.08 Å². The lowest BCUT2D eigenvalue weighted by Crippen LogP contribution is -2.61. The summed E-state index contributed by atoms with van der Waals surface area (Å²) in [6.07, 6.45) is 43.0. The number of aliphatic hydroxyl groups excluding tert-OH is 5. The van der Waals surface area contributed by atoms with Gasteiger partial charge in [-0.25, -0.2) is 0 Å². The number of allylic oxidation sites excluding steroid dienone is 7. The van der Waals surface area contributed by atoms with Crippen LogP contribution in [0.3, 0.4) is 0 Å². The minimum Gasteiger partial charge on any atom is -0.454 e. The Labute approximate surface area is 415 Å². The molecule has 0 aliphatic carbocycles. The zero-order valence-corrected chi connectivity index (χ0v) is 43.5. The monoisotopic (exact) mass is 962 g/mol. The smallest absolute Gasteiger partial charge is 0.306 e. The van der Waals surface area contributed by atoms with Gasteiger partial charge in [-0.2, -0.15) is 0 Å². The van der Waals surface area contributed by atoms with Gasteiger partial charge in [0.1, 0.15) is 24.4 Å². The lowest BCUT2D eigenvalue weighted by atomic mass is 9.99. The summed E-state index contributed by atoms with van der Waals surface area (Å²) >= 11 is 0. The molecule has 11 nitrogen and oxygen atoms in total. The molecule has 1 saturated heterocycles. The second kappa shape index (κ2) is 45.7. The lowest BCUT2D eigenvalue weighted by molar-refractivity contribution is -0.305. The van der Waals surface area contributed by atoms with Gasteiger partial charge in [-0.05, 0) is 44.9 Å². The summed E-state index contributed by atoms with van der Waals surface area (Å²) in [4.78, 5) is 26.4. The molecule has 1 amide bonds. The van der Waals surface area contributed by atoms with Crippen LogP contribution in [0.15, 0.2) is 48.6 Å². The Hall–Kier alpha value is -2.38. The molecule has 6 N–H and O–H groups in total. The number of hydrogen-bond donors (Lipinski definition) is 6. The summed E-state index contributed by atoms with van der Waals surface area (Å²) in [5.41, 5.74) is 0. The molecule has 1 fully saturated rings. The van der Waals surface area contributed by atoms with Crippen molar-refractivity contribution in [3.8, 4) is 0 Å². The van der Waals surface area contributed by atoms with E-state index < -0.39 is 67.4 Å². The van der Waals surface area contributed by atoms with Crippen LogP contribution in [0.4, 0.5) is 0 Å². The van der Waals surface area contributed by atoms with Crippen molar-refractivity contribution >= 4 is 11.9 Å². The molecular weight excluding hydrogens is 859 g/mol. The first kappa shape index (κ1) is 63.6. The number of esters is 1. The summed E-state index contributed by atoms with van der Waals surface area (Å²) in [7, 11) is 0. The maximum Gasteiger partial charge on any atom is 0.306 e. The normalized spacial score (nSPS) is 20.3. The third-order valence-corrected chi connectivity index (χ3v) is 13.1. The van der Waals surface area contributed by atoms with Gasteiger partial charge < -0.3 is 45.1 Å². The van der Waals surface area contributed by atoms with Crippen LogP contribution in [0, 0.1) is 0 Å². The van der Waals surface area contributed by atoms with Crippen molar-refractivity contribution in [2.45, 2.75) is 288 Å². The first-order valence-corrected chi connectivity index (χ1v) is 27.9. The van der Waals surface area contributed by atoms with Gasteiger partial charge in [-0.3, -0.25) is 9.59 Å². The summed E-state index contributed by atoms with van der Waals surface area (Å²) in [6, 6.07) is -1.02. The van der Waals surface area contributed by atoms with Gasteiger partial charge in [0, 0.05) is 6.42 Å². The molecule has 8 atom stereocenters. The van der Waals surface area contributed by atoms with E-state index in [0.717, 1.165) is 77.0 Å². The van der Waals surface area contributed by atoms with Crippen molar-refractivity contribution in [3.63, 3.8) is 0 Å². The summed E-state index contributed by atoms with van der Waals surface area (Å²) in [5.74, 6) is -1.21. The average Bonchev–Trinajstić information content (AvgIpc) is 3.33. The fourth-order valence-corrected chi connectivity index (χ4v) is 8.59. The molecule has 0 spiro atoms. The number of amides is 1. The van der Waals surface area contributed by atoms with Crippen LogP contribution >= 0.6 is 0 Å². The fraction of sp³-hybridized carbons (Fsp3) is 0.825. The maximum absolute atomic E-state index is 13.4. The molecule has 68 heavy (non-hydrogen) atoms. The highest BCUT2D eigenvalue weighted by atomic mass is 16.7. The van der Waals surface area contributed by atoms with Crippen LogP contribution in [-0.4, -0.2) is 99.6 Å². The van der Waals surface area contributed by atoms with Crippen LogP contribution in [0.5, 0.6) is 0 Å². The fourth-order valence-electron chi connectivity index (χ4n) is 8.59. The van der Waals surface area contributed by atoms with Gasteiger partial charge >= 0.3 is 5.97 Å². The lowest BCUT2D eigenvalue weighted by Gasteiger charge is -2.41. The first-order valence-electron chi connectivity index (χ1n) is 27.9. The third kappa shape index (κ3) is 34.0. The topological polar surface area (TPSA) is 175 Å². The van der Waals surface area contributed by atoms with Crippen LogP contribution in [-0.2, 0) is 23.8 Å². The molecule has 0 aromatic carbocycles. The third-order valence-electron chi connectivity index (χ3n) is 13.1. The minimum atomic E-state index is -1.62. The zero-order chi connectivity index (χ0) is 49.7. The van der Waals surface area contributed by atoms with Gasteiger partial charge in [0.15, 0.2) is 12.4 Å². The SMILES string of the molecule is CC/C=C/C=C/C=C\CCCCCCCC(=O)OC1C(OCC(NC(=O)C(O)CCCCCCCCCCCCCCCC)C(O)/C=C/CCCCCCCCCCCC)OC(CO)C(O)C1O. The Morgan fingerprint density at radius 1 is 0.588 bits per heavy atom. The van der Waals surface area contributed by atoms with E-state index in [0.29, 0.717) is 19.3 Å². The highest BCUT2D eigenvalue weighted by molar-refractivity contribution is 5.80. The quantitative estimate of drug-likeness (QED) is 0.0149. The second-order valence-corrected chi connectivity index (χ2v) is 19.4. The van der Waals surface area contributed by atoms with Gasteiger partial charge in [0.05, 0.1) is 25.4 Å². The Morgan fingerprint density at radius 3 is 1.57 bits per heavy atom. The number of ether oxygens (including phenoxy) is 3. The van der Waals surface area contributed by atoms with Crippen LogP contribution < -0.4 is 5.32 Å². The maximum atomic E-state index is 13.4. The number of rotatable bonds is 46. The molecular formula is C57H103NO10. The molecule has 1 rings (SSSR count). The molecule has 11 heteroatoms. The second-order valence-electron chi connectivity index (χ2n) is 19.4. The molecule has 0 saturated carbocycles. The Bertz CT molecular complexity index is 1290. The molecule has 0 bridgehead atoms. The van der Waals surface area contributed by atoms with E-state index in [1.165, 1.54) is 116 Å². The predicted molar refractivity (Wildman–Crippen MR) is 278 cm³/mol. The average molecular weight is 962 g/mol. The van der Waals surface area contributed by atoms with Crippen molar-refractivity contribution in [2.75, 3.05) is 13.2 Å². The Morgan fingerprint density at radius 2 is 1.06 bits per heavy atom. The van der Waals surface area contributed by atoms with Crippen molar-refractivity contribution in [1.82, 2.24) is 5.32 Å². The number of nitrogens with one attached hydrogen (secondary N) is 1. The largest absolute Gasteiger partial charge is 0.454 e. The number of unbranched alkanes of at least 4 members (excludes halogenated alkanes) is 28. The summed E-state index contributed by atoms with van der Waals surface area (Å²) < 4.78 is 17.5. The van der Waals surface area contributed by atoms with Crippen molar-refractivity contribution in [2.24, 2.45) is 0 Å². The van der Waals surface area contributed by atoms with Gasteiger partial charge in [0.25, 0.3) is 0 Å². The molecule has 1 aliphatic rings. The van der Waals surface area contributed by atoms with Crippen molar-refractivity contribution in [3.05, 3.63) is 48.6 Å². The molecule has 1 aliphatic heterocycles. The highest BCUT2D eigenvalue weighted by Crippen LogP contribution is 2.26. The number of aliphatic hydroxyl groups is 5. The number of hydrogen-bond acceptors (Lipinski definition) is 10. The van der Waals surface area contributed by atoms with Crippen LogP contribution in [0.2, 0.25) is 0 Å². The number of carbonyl (C=O) groups excluding carboxylic acids is 2. The Kier molecular flexibility index (Phi) is 42.8. The Balaban J connectivity index is 2.76. The van der Waals surface area contributed by atoms with E-state index >= 15 is 0 Å². The molecule has 1 heterocycles. The standard InChI is InChI=1S/C57H103NO10/c1-4-7-10-13-16-19-22-25-27-29-32-35-38-41-44-50(61)56(65)58-48(49(60)43-40-37-34-31-28-24-21-18-15-12-9-6-3)47-66-57-55(54(64)53(63)51(46-59)67-57)68-52(62)45-42-39-36-33-30-26-23-20-17-14-11-8-5-2/h8,11,14,17,20,23,40,43,48-51,53-55,57,59-61,63-64H,4-7,9-10,12-13,15-16,18-19,21-22,24-39,41-42,44-47H2,1-3H3,(H,58,65)/b11-8+,17-14+,23-20-,43-40+. The summed E-state index contributed by atoms with van der Waals surface area (Å²) in [6.45, 7) is 5.63. The van der Waals surface area contributed by atoms with Crippen molar-refractivity contribution < 1.29 is 49.3 Å². The van der Waals surface area contributed by atoms with Crippen LogP contribution in [0.1, 0.15) is 239 Å². The van der Waals surface area contributed by atoms with Gasteiger partial charge in [-0.15, -0.1) is 0 Å². The molecule has 396 valence electrons. The van der Waals surface area contributed by atoms with E-state index in [2.05, 4.69) is 44.3 Å². The molecule has 8 unspecified atom stereocenters. The van der Waals surface area contributed by atoms with E-state index in [9.17, 15) is 35.1 Å². The van der Waals surface area contributed by atoms with E-state index in [-0.39, 0.29) is 13.0 Å². The summed E-state index contributed by atoms with van der Waals surface area (Å²) in [5, 5.41) is 56.7. The number of carbonyl (C=O) groups is 2. The predicted octanol–water partition coefficient (Wildman–Crippen LogP) is 12.1. The van der Waals surface area contributed by atoms with Crippen LogP contribution in [0.25, 0.3) is 0 Å². The van der Waals surface area contributed by atoms with Gasteiger partial charge in [-0.1, -0.05) is 236 Å². The minimum absolute atomic E-state index is 0.101. The van der Waals surface area contributed by atoms with E-state index in [1.807, 2.05) is 24.3 Å². The highest BCUT2D eigenvalue weighted by Gasteiger charge is 2.47. The molecule has 0 radical (unpaired) electrons.